The van der Waals surface area contributed by atoms with E-state index in [1.54, 1.807) is 19.2 Å². The van der Waals surface area contributed by atoms with Crippen LogP contribution in [0.5, 0.6) is 5.75 Å². The second-order valence-corrected chi connectivity index (χ2v) is 6.33. The minimum Gasteiger partial charge on any atom is -0.497 e. The topological polar surface area (TPSA) is 26.3 Å². The lowest BCUT2D eigenvalue weighted by Crippen LogP contribution is -2.05. The van der Waals surface area contributed by atoms with Crippen molar-refractivity contribution in [3.63, 3.8) is 0 Å². The zero-order valence-corrected chi connectivity index (χ0v) is 12.3. The summed E-state index contributed by atoms with van der Waals surface area (Å²) < 4.78 is 30.4. The van der Waals surface area contributed by atoms with Crippen molar-refractivity contribution < 1.29 is 13.3 Å². The minimum absolute atomic E-state index is 0.137. The third kappa shape index (κ3) is 3.67. The molecule has 2 aromatic rings. The van der Waals surface area contributed by atoms with E-state index in [-0.39, 0.29) is 11.1 Å². The Hall–Kier alpha value is -1.68. The quantitative estimate of drug-likeness (QED) is 0.837. The van der Waals surface area contributed by atoms with Gasteiger partial charge >= 0.3 is 0 Å². The van der Waals surface area contributed by atoms with Crippen LogP contribution in [-0.4, -0.2) is 11.3 Å². The number of benzene rings is 2. The van der Waals surface area contributed by atoms with E-state index in [1.807, 2.05) is 31.2 Å². The van der Waals surface area contributed by atoms with Gasteiger partial charge in [0.05, 0.1) is 12.4 Å². The maximum absolute atomic E-state index is 12.9. The Bertz CT molecular complexity index is 596. The third-order valence-corrected chi connectivity index (χ3v) is 4.86. The molecule has 0 aromatic heterocycles. The molecule has 2 atom stereocenters. The third-order valence-electron chi connectivity index (χ3n) is 3.18. The first-order chi connectivity index (χ1) is 9.60. The van der Waals surface area contributed by atoms with Crippen LogP contribution < -0.4 is 4.74 Å². The fourth-order valence-electron chi connectivity index (χ4n) is 1.94. The van der Waals surface area contributed by atoms with E-state index in [9.17, 15) is 8.60 Å². The van der Waals surface area contributed by atoms with Crippen molar-refractivity contribution in [3.8, 4) is 5.75 Å². The number of hydrogen-bond acceptors (Lipinski definition) is 2. The van der Waals surface area contributed by atoms with Crippen molar-refractivity contribution in [2.45, 2.75) is 17.9 Å². The summed E-state index contributed by atoms with van der Waals surface area (Å²) in [6.07, 6.45) is 0. The lowest BCUT2D eigenvalue weighted by molar-refractivity contribution is 0.414. The van der Waals surface area contributed by atoms with Gasteiger partial charge in [-0.25, -0.2) is 4.39 Å². The second-order valence-electron chi connectivity index (χ2n) is 4.57. The minimum atomic E-state index is -1.06. The monoisotopic (exact) mass is 292 g/mol. The Kier molecular flexibility index (Phi) is 4.90. The maximum Gasteiger partial charge on any atom is 0.123 e. The molecule has 0 spiro atoms. The molecular formula is C16H17FO2S. The summed E-state index contributed by atoms with van der Waals surface area (Å²) in [4.78, 5) is 0. The molecule has 0 saturated carbocycles. The molecule has 0 heterocycles. The van der Waals surface area contributed by atoms with Crippen LogP contribution in [0.3, 0.4) is 0 Å². The highest BCUT2D eigenvalue weighted by Gasteiger charge is 2.14. The standard InChI is InChI=1S/C16H17FO2S/c1-12(14-6-8-15(17)9-7-14)20(18)11-13-4-3-5-16(10-13)19-2/h3-10,12H,11H2,1-2H3/t12-,20-/m1/s1. The average molecular weight is 292 g/mol. The van der Waals surface area contributed by atoms with E-state index in [2.05, 4.69) is 0 Å². The van der Waals surface area contributed by atoms with E-state index in [1.165, 1.54) is 12.1 Å². The summed E-state index contributed by atoms with van der Waals surface area (Å²) in [5.41, 5.74) is 1.85. The largest absolute Gasteiger partial charge is 0.497 e. The molecule has 4 heteroatoms. The van der Waals surface area contributed by atoms with Gasteiger partial charge in [-0.2, -0.15) is 0 Å². The lowest BCUT2D eigenvalue weighted by Gasteiger charge is -2.12. The van der Waals surface area contributed by atoms with Crippen LogP contribution in [0.15, 0.2) is 48.5 Å². The Morgan fingerprint density at radius 2 is 1.90 bits per heavy atom. The average Bonchev–Trinajstić information content (AvgIpc) is 2.47. The summed E-state index contributed by atoms with van der Waals surface area (Å²) in [5.74, 6) is 0.934. The van der Waals surface area contributed by atoms with Gasteiger partial charge in [-0.05, 0) is 42.3 Å². The molecule has 0 aliphatic heterocycles. The van der Waals surface area contributed by atoms with Crippen LogP contribution >= 0.6 is 0 Å². The summed E-state index contributed by atoms with van der Waals surface area (Å²) in [5, 5.41) is -0.137. The highest BCUT2D eigenvalue weighted by Crippen LogP contribution is 2.23. The molecule has 0 unspecified atom stereocenters. The van der Waals surface area contributed by atoms with Gasteiger partial charge in [0.15, 0.2) is 0 Å². The molecule has 2 aromatic carbocycles. The SMILES string of the molecule is COc1cccc(C[S@@](=O)[C@H](C)c2ccc(F)cc2)c1. The van der Waals surface area contributed by atoms with Crippen LogP contribution in [0, 0.1) is 5.82 Å². The molecule has 0 saturated heterocycles. The number of ether oxygens (including phenoxy) is 1. The van der Waals surface area contributed by atoms with Crippen molar-refractivity contribution in [2.24, 2.45) is 0 Å². The molecule has 2 nitrogen and oxygen atoms in total. The van der Waals surface area contributed by atoms with Crippen LogP contribution in [0.2, 0.25) is 0 Å². The molecular weight excluding hydrogens is 275 g/mol. The van der Waals surface area contributed by atoms with E-state index in [0.29, 0.717) is 5.75 Å². The van der Waals surface area contributed by atoms with Gasteiger partial charge in [-0.1, -0.05) is 24.3 Å². The normalized spacial score (nSPS) is 13.8. The molecule has 0 aliphatic carbocycles. The molecule has 20 heavy (non-hydrogen) atoms. The Labute approximate surface area is 121 Å². The van der Waals surface area contributed by atoms with Crippen molar-refractivity contribution in [1.82, 2.24) is 0 Å². The van der Waals surface area contributed by atoms with E-state index in [0.717, 1.165) is 16.9 Å². The second kappa shape index (κ2) is 6.66. The Morgan fingerprint density at radius 3 is 2.55 bits per heavy atom. The van der Waals surface area contributed by atoms with E-state index < -0.39 is 10.8 Å². The first kappa shape index (κ1) is 14.7. The summed E-state index contributed by atoms with van der Waals surface area (Å²) in [6, 6.07) is 13.7. The summed E-state index contributed by atoms with van der Waals surface area (Å²) in [6.45, 7) is 1.89. The molecule has 106 valence electrons. The molecule has 0 aliphatic rings. The Morgan fingerprint density at radius 1 is 1.20 bits per heavy atom. The molecule has 2 rings (SSSR count). The first-order valence-corrected chi connectivity index (χ1v) is 7.74. The van der Waals surface area contributed by atoms with Crippen molar-refractivity contribution in [1.29, 1.82) is 0 Å². The van der Waals surface area contributed by atoms with Gasteiger partial charge in [0, 0.05) is 16.6 Å². The zero-order chi connectivity index (χ0) is 14.5. The first-order valence-electron chi connectivity index (χ1n) is 6.35. The molecule has 0 amide bonds. The number of halogens is 1. The van der Waals surface area contributed by atoms with Gasteiger partial charge < -0.3 is 4.74 Å². The molecule has 0 bridgehead atoms. The highest BCUT2D eigenvalue weighted by molar-refractivity contribution is 7.84. The predicted molar refractivity (Wildman–Crippen MR) is 79.7 cm³/mol. The van der Waals surface area contributed by atoms with Crippen molar-refractivity contribution in [2.75, 3.05) is 7.11 Å². The molecule has 0 N–H and O–H groups in total. The van der Waals surface area contributed by atoms with Gasteiger partial charge in [0.1, 0.15) is 11.6 Å². The van der Waals surface area contributed by atoms with Gasteiger partial charge in [-0.3, -0.25) is 4.21 Å². The van der Waals surface area contributed by atoms with Crippen LogP contribution in [0.4, 0.5) is 4.39 Å². The molecule has 0 fully saturated rings. The van der Waals surface area contributed by atoms with E-state index >= 15 is 0 Å². The lowest BCUT2D eigenvalue weighted by atomic mass is 10.2. The van der Waals surface area contributed by atoms with Crippen LogP contribution in [0.1, 0.15) is 23.3 Å². The zero-order valence-electron chi connectivity index (χ0n) is 11.5. The maximum atomic E-state index is 12.9. The summed E-state index contributed by atoms with van der Waals surface area (Å²) >= 11 is 0. The van der Waals surface area contributed by atoms with Crippen LogP contribution in [-0.2, 0) is 16.6 Å². The Balaban J connectivity index is 2.09. The van der Waals surface area contributed by atoms with E-state index in [4.69, 9.17) is 4.74 Å². The molecule has 0 radical (unpaired) electrons. The van der Waals surface area contributed by atoms with Gasteiger partial charge in [0.2, 0.25) is 0 Å². The predicted octanol–water partition coefficient (Wildman–Crippen LogP) is 3.84. The van der Waals surface area contributed by atoms with Gasteiger partial charge in [-0.15, -0.1) is 0 Å². The van der Waals surface area contributed by atoms with Crippen LogP contribution in [0.25, 0.3) is 0 Å². The number of methoxy groups -OCH3 is 1. The fourth-order valence-corrected chi connectivity index (χ4v) is 3.16. The summed E-state index contributed by atoms with van der Waals surface area (Å²) in [7, 11) is 0.547. The fraction of sp³-hybridized carbons (Fsp3) is 0.250. The highest BCUT2D eigenvalue weighted by atomic mass is 32.2. The number of rotatable bonds is 5. The van der Waals surface area contributed by atoms with Gasteiger partial charge in [0.25, 0.3) is 0 Å². The van der Waals surface area contributed by atoms with Crippen molar-refractivity contribution >= 4 is 10.8 Å². The smallest absolute Gasteiger partial charge is 0.123 e. The van der Waals surface area contributed by atoms with Crippen molar-refractivity contribution in [3.05, 3.63) is 65.5 Å². The number of hydrogen-bond donors (Lipinski definition) is 0.